The molecule has 1 aromatic heterocycles. The van der Waals surface area contributed by atoms with Crippen LogP contribution in [0.25, 0.3) is 0 Å². The Morgan fingerprint density at radius 2 is 2.17 bits per heavy atom. The second-order valence-electron chi connectivity index (χ2n) is 2.35. The van der Waals surface area contributed by atoms with Crippen LogP contribution in [0.15, 0.2) is 11.4 Å². The highest BCUT2D eigenvalue weighted by Crippen LogP contribution is 2.33. The van der Waals surface area contributed by atoms with Gasteiger partial charge in [-0.25, -0.2) is 0 Å². The fourth-order valence-electron chi connectivity index (χ4n) is 0.810. The maximum Gasteiger partial charge on any atom is 0.417 e. The zero-order chi connectivity index (χ0) is 9.19. The Balaban J connectivity index is 2.77. The van der Waals surface area contributed by atoms with Crippen molar-refractivity contribution >= 4 is 11.3 Å². The highest BCUT2D eigenvalue weighted by atomic mass is 32.1. The van der Waals surface area contributed by atoms with Crippen LogP contribution in [0.4, 0.5) is 13.2 Å². The normalized spacial score (nSPS) is 12.0. The van der Waals surface area contributed by atoms with Crippen LogP contribution in [0.1, 0.15) is 23.8 Å². The van der Waals surface area contributed by atoms with Crippen molar-refractivity contribution in [1.82, 2.24) is 0 Å². The van der Waals surface area contributed by atoms with Crippen molar-refractivity contribution < 1.29 is 13.2 Å². The molecule has 0 spiro atoms. The molecule has 1 heterocycles. The van der Waals surface area contributed by atoms with Gasteiger partial charge < -0.3 is 0 Å². The van der Waals surface area contributed by atoms with Crippen LogP contribution in [0.3, 0.4) is 0 Å². The minimum atomic E-state index is -4.20. The van der Waals surface area contributed by atoms with E-state index < -0.39 is 11.7 Å². The molecule has 0 unspecified atom stereocenters. The molecule has 0 N–H and O–H groups in total. The van der Waals surface area contributed by atoms with Gasteiger partial charge >= 0.3 is 6.18 Å². The average Bonchev–Trinajstić information content (AvgIpc) is 2.35. The van der Waals surface area contributed by atoms with Crippen LogP contribution in [-0.2, 0) is 6.18 Å². The van der Waals surface area contributed by atoms with Gasteiger partial charge in [0.15, 0.2) is 0 Å². The molecule has 0 bridgehead atoms. The Hall–Kier alpha value is -0.510. The van der Waals surface area contributed by atoms with Gasteiger partial charge in [0.05, 0.1) is 5.56 Å². The van der Waals surface area contributed by atoms with Crippen LogP contribution >= 0.6 is 11.3 Å². The van der Waals surface area contributed by atoms with Crippen LogP contribution in [0.5, 0.6) is 0 Å². The predicted molar refractivity (Wildman–Crippen MR) is 43.0 cm³/mol. The summed E-state index contributed by atoms with van der Waals surface area (Å²) in [6, 6.07) is 1.17. The Kier molecular flexibility index (Phi) is 2.77. The average molecular weight is 193 g/mol. The molecule has 0 nitrogen and oxygen atoms in total. The number of hydrogen-bond donors (Lipinski definition) is 0. The SMILES string of the molecule is CC[CH]c1cc(C(F)(F)F)cs1. The lowest BCUT2D eigenvalue weighted by Crippen LogP contribution is -2.01. The zero-order valence-corrected chi connectivity index (χ0v) is 7.30. The number of rotatable bonds is 2. The number of alkyl halides is 3. The predicted octanol–water partition coefficient (Wildman–Crippen LogP) is 3.73. The lowest BCUT2D eigenvalue weighted by molar-refractivity contribution is -0.137. The molecule has 67 valence electrons. The summed E-state index contributed by atoms with van der Waals surface area (Å²) in [5.74, 6) is 0. The first-order valence-corrected chi connectivity index (χ1v) is 4.41. The molecule has 1 aromatic rings. The van der Waals surface area contributed by atoms with Gasteiger partial charge in [-0.2, -0.15) is 13.2 Å². The van der Waals surface area contributed by atoms with Crippen molar-refractivity contribution in [1.29, 1.82) is 0 Å². The summed E-state index contributed by atoms with van der Waals surface area (Å²) in [5.41, 5.74) is -0.549. The number of thiophene rings is 1. The van der Waals surface area contributed by atoms with E-state index in [0.717, 1.165) is 23.1 Å². The molecular weight excluding hydrogens is 185 g/mol. The van der Waals surface area contributed by atoms with Gasteiger partial charge in [-0.05, 0) is 12.5 Å². The third-order valence-electron chi connectivity index (χ3n) is 1.35. The highest BCUT2D eigenvalue weighted by Gasteiger charge is 2.31. The van der Waals surface area contributed by atoms with E-state index in [1.807, 2.05) is 6.92 Å². The zero-order valence-electron chi connectivity index (χ0n) is 6.48. The van der Waals surface area contributed by atoms with E-state index in [1.54, 1.807) is 6.42 Å². The topological polar surface area (TPSA) is 0 Å². The highest BCUT2D eigenvalue weighted by molar-refractivity contribution is 7.10. The summed E-state index contributed by atoms with van der Waals surface area (Å²) >= 11 is 1.13. The standard InChI is InChI=1S/C8H8F3S/c1-2-3-7-4-6(5-12-7)8(9,10)11/h3-5H,2H2,1H3. The minimum Gasteiger partial charge on any atom is -0.166 e. The minimum absolute atomic E-state index is 0.549. The smallest absolute Gasteiger partial charge is 0.166 e. The van der Waals surface area contributed by atoms with Crippen molar-refractivity contribution in [3.63, 3.8) is 0 Å². The third kappa shape index (κ3) is 2.24. The first kappa shape index (κ1) is 9.58. The molecule has 0 saturated heterocycles. The molecular formula is C8H8F3S. The summed E-state index contributed by atoms with van der Waals surface area (Å²) in [4.78, 5) is 0.685. The van der Waals surface area contributed by atoms with Crippen LogP contribution < -0.4 is 0 Å². The molecule has 0 aliphatic heterocycles. The first-order valence-electron chi connectivity index (χ1n) is 3.53. The molecule has 12 heavy (non-hydrogen) atoms. The van der Waals surface area contributed by atoms with Crippen LogP contribution in [0, 0.1) is 6.42 Å². The van der Waals surface area contributed by atoms with Gasteiger partial charge in [-0.3, -0.25) is 0 Å². The van der Waals surface area contributed by atoms with Gasteiger partial charge in [0.1, 0.15) is 0 Å². The fourth-order valence-corrected chi connectivity index (χ4v) is 1.73. The second kappa shape index (κ2) is 3.47. The quantitative estimate of drug-likeness (QED) is 0.671. The van der Waals surface area contributed by atoms with Crippen molar-refractivity contribution in [2.45, 2.75) is 19.5 Å². The number of halogens is 3. The van der Waals surface area contributed by atoms with Gasteiger partial charge in [0.2, 0.25) is 0 Å². The first-order chi connectivity index (χ1) is 5.54. The van der Waals surface area contributed by atoms with E-state index in [-0.39, 0.29) is 0 Å². The largest absolute Gasteiger partial charge is 0.417 e. The van der Waals surface area contributed by atoms with Gasteiger partial charge in [-0.1, -0.05) is 6.92 Å². The molecule has 4 heteroatoms. The van der Waals surface area contributed by atoms with Crippen molar-refractivity contribution in [2.24, 2.45) is 0 Å². The van der Waals surface area contributed by atoms with Gasteiger partial charge in [-0.15, -0.1) is 11.3 Å². The van der Waals surface area contributed by atoms with Crippen molar-refractivity contribution in [2.75, 3.05) is 0 Å². The lowest BCUT2D eigenvalue weighted by Gasteiger charge is -2.00. The fraction of sp³-hybridized carbons (Fsp3) is 0.375. The van der Waals surface area contributed by atoms with E-state index >= 15 is 0 Å². The summed E-state index contributed by atoms with van der Waals surface area (Å²) in [6.45, 7) is 1.90. The summed E-state index contributed by atoms with van der Waals surface area (Å²) < 4.78 is 36.1. The molecule has 0 saturated carbocycles. The van der Waals surface area contributed by atoms with E-state index in [9.17, 15) is 13.2 Å². The summed E-state index contributed by atoms with van der Waals surface area (Å²) in [7, 11) is 0. The van der Waals surface area contributed by atoms with Crippen LogP contribution in [-0.4, -0.2) is 0 Å². The molecule has 0 aliphatic rings. The maximum atomic E-state index is 12.0. The van der Waals surface area contributed by atoms with E-state index in [2.05, 4.69) is 0 Å². The summed E-state index contributed by atoms with van der Waals surface area (Å²) in [5, 5.41) is 1.14. The monoisotopic (exact) mass is 193 g/mol. The molecule has 1 rings (SSSR count). The summed E-state index contributed by atoms with van der Waals surface area (Å²) in [6.07, 6.45) is -1.66. The van der Waals surface area contributed by atoms with E-state index in [4.69, 9.17) is 0 Å². The third-order valence-corrected chi connectivity index (χ3v) is 2.28. The van der Waals surface area contributed by atoms with Crippen molar-refractivity contribution in [3.05, 3.63) is 28.3 Å². The number of hydrogen-bond acceptors (Lipinski definition) is 1. The van der Waals surface area contributed by atoms with Gasteiger partial charge in [0, 0.05) is 16.7 Å². The lowest BCUT2D eigenvalue weighted by atomic mass is 10.2. The Morgan fingerprint density at radius 1 is 1.50 bits per heavy atom. The molecule has 0 fully saturated rings. The molecule has 0 atom stereocenters. The van der Waals surface area contributed by atoms with E-state index in [1.165, 1.54) is 6.07 Å². The van der Waals surface area contributed by atoms with Crippen molar-refractivity contribution in [3.8, 4) is 0 Å². The Bertz CT molecular complexity index is 249. The Morgan fingerprint density at radius 3 is 2.58 bits per heavy atom. The molecule has 0 aliphatic carbocycles. The molecule has 1 radical (unpaired) electrons. The molecule has 0 amide bonds. The second-order valence-corrected chi connectivity index (χ2v) is 3.29. The maximum absolute atomic E-state index is 12.0. The van der Waals surface area contributed by atoms with Crippen LogP contribution in [0.2, 0.25) is 0 Å². The Labute approximate surface area is 73.0 Å². The molecule has 0 aromatic carbocycles. The van der Waals surface area contributed by atoms with Gasteiger partial charge in [0.25, 0.3) is 0 Å². The van der Waals surface area contributed by atoms with E-state index in [0.29, 0.717) is 4.88 Å².